The quantitative estimate of drug-likeness (QED) is 0.850. The van der Waals surface area contributed by atoms with Gasteiger partial charge in [-0.3, -0.25) is 0 Å². The van der Waals surface area contributed by atoms with Crippen LogP contribution in [0.1, 0.15) is 23.6 Å². The number of nitrogens with one attached hydrogen (secondary N) is 1. The Morgan fingerprint density at radius 2 is 1.76 bits per heavy atom. The summed E-state index contributed by atoms with van der Waals surface area (Å²) in [5.41, 5.74) is 3.33. The van der Waals surface area contributed by atoms with Gasteiger partial charge in [0.05, 0.1) is 7.11 Å². The van der Waals surface area contributed by atoms with Gasteiger partial charge in [0.25, 0.3) is 0 Å². The van der Waals surface area contributed by atoms with E-state index in [0.29, 0.717) is 17.3 Å². The van der Waals surface area contributed by atoms with Crippen molar-refractivity contribution < 1.29 is 9.84 Å². The van der Waals surface area contributed by atoms with E-state index in [9.17, 15) is 5.11 Å². The molecule has 0 spiro atoms. The second kappa shape index (κ2) is 7.34. The Bertz CT molecular complexity index is 614. The first-order chi connectivity index (χ1) is 10.2. The number of phenols is 1. The van der Waals surface area contributed by atoms with Crippen LogP contribution in [0.4, 0.5) is 0 Å². The van der Waals surface area contributed by atoms with Crippen LogP contribution in [0.3, 0.4) is 0 Å². The molecule has 2 aromatic rings. The van der Waals surface area contributed by atoms with Crippen LogP contribution in [0, 0.1) is 0 Å². The van der Waals surface area contributed by atoms with Crippen LogP contribution in [-0.4, -0.2) is 12.2 Å². The van der Waals surface area contributed by atoms with Gasteiger partial charge in [-0.05, 0) is 23.6 Å². The van der Waals surface area contributed by atoms with E-state index in [0.717, 1.165) is 18.5 Å². The van der Waals surface area contributed by atoms with Gasteiger partial charge in [0.2, 0.25) is 0 Å². The third-order valence-electron chi connectivity index (χ3n) is 3.47. The van der Waals surface area contributed by atoms with Crippen LogP contribution >= 0.6 is 11.6 Å². The van der Waals surface area contributed by atoms with Crippen molar-refractivity contribution >= 4 is 11.6 Å². The average molecular weight is 306 g/mol. The molecule has 2 rings (SSSR count). The number of benzene rings is 2. The van der Waals surface area contributed by atoms with Crippen molar-refractivity contribution in [3.63, 3.8) is 0 Å². The number of ether oxygens (including phenoxy) is 1. The first-order valence-corrected chi connectivity index (χ1v) is 7.36. The largest absolute Gasteiger partial charge is 0.504 e. The highest BCUT2D eigenvalue weighted by molar-refractivity contribution is 6.30. The third-order valence-corrected chi connectivity index (χ3v) is 3.69. The lowest BCUT2D eigenvalue weighted by atomic mass is 10.1. The zero-order valence-electron chi connectivity index (χ0n) is 12.3. The first kappa shape index (κ1) is 15.7. The Balaban J connectivity index is 2.05. The van der Waals surface area contributed by atoms with Crippen molar-refractivity contribution in [1.29, 1.82) is 0 Å². The van der Waals surface area contributed by atoms with Crippen molar-refractivity contribution in [2.24, 2.45) is 0 Å². The van der Waals surface area contributed by atoms with Gasteiger partial charge in [-0.25, -0.2) is 0 Å². The summed E-state index contributed by atoms with van der Waals surface area (Å²) in [7, 11) is 1.51. The van der Waals surface area contributed by atoms with E-state index in [1.807, 2.05) is 6.07 Å². The summed E-state index contributed by atoms with van der Waals surface area (Å²) in [5.74, 6) is 0.534. The van der Waals surface area contributed by atoms with E-state index in [4.69, 9.17) is 16.3 Å². The topological polar surface area (TPSA) is 41.5 Å². The highest BCUT2D eigenvalue weighted by atomic mass is 35.5. The smallest absolute Gasteiger partial charge is 0.162 e. The molecule has 0 fully saturated rings. The molecule has 112 valence electrons. The summed E-state index contributed by atoms with van der Waals surface area (Å²) in [6.07, 6.45) is 1.01. The fraction of sp³-hybridized carbons (Fsp3) is 0.294. The Kier molecular flexibility index (Phi) is 5.48. The standard InChI is InChI=1S/C17H20ClNO2/c1-3-12-6-4-5-7-13(12)10-19-11-14-8-15(18)9-16(21-2)17(14)20/h4-9,19-20H,3,10-11H2,1-2H3. The van der Waals surface area contributed by atoms with Crippen LogP contribution < -0.4 is 10.1 Å². The zero-order chi connectivity index (χ0) is 15.2. The van der Waals surface area contributed by atoms with Crippen molar-refractivity contribution in [3.05, 3.63) is 58.1 Å². The summed E-state index contributed by atoms with van der Waals surface area (Å²) in [4.78, 5) is 0. The average Bonchev–Trinajstić information content (AvgIpc) is 2.50. The van der Waals surface area contributed by atoms with Gasteiger partial charge in [0, 0.05) is 29.7 Å². The van der Waals surface area contributed by atoms with Crippen LogP contribution in [-0.2, 0) is 19.5 Å². The van der Waals surface area contributed by atoms with E-state index >= 15 is 0 Å². The fourth-order valence-electron chi connectivity index (χ4n) is 2.33. The molecule has 0 atom stereocenters. The summed E-state index contributed by atoms with van der Waals surface area (Å²) in [6, 6.07) is 11.7. The predicted molar refractivity (Wildman–Crippen MR) is 86.0 cm³/mol. The van der Waals surface area contributed by atoms with Crippen LogP contribution in [0.15, 0.2) is 36.4 Å². The summed E-state index contributed by atoms with van der Waals surface area (Å²) >= 11 is 6.03. The fourth-order valence-corrected chi connectivity index (χ4v) is 2.56. The maximum Gasteiger partial charge on any atom is 0.162 e. The van der Waals surface area contributed by atoms with Gasteiger partial charge in [-0.15, -0.1) is 0 Å². The van der Waals surface area contributed by atoms with Crippen LogP contribution in [0.25, 0.3) is 0 Å². The molecule has 0 aromatic heterocycles. The minimum Gasteiger partial charge on any atom is -0.504 e. The van der Waals surface area contributed by atoms with E-state index < -0.39 is 0 Å². The second-order valence-electron chi connectivity index (χ2n) is 4.84. The number of methoxy groups -OCH3 is 1. The summed E-state index contributed by atoms with van der Waals surface area (Å²) < 4.78 is 5.11. The van der Waals surface area contributed by atoms with Gasteiger partial charge in [-0.1, -0.05) is 42.8 Å². The lowest BCUT2D eigenvalue weighted by Gasteiger charge is -2.12. The minimum absolute atomic E-state index is 0.137. The van der Waals surface area contributed by atoms with Crippen LogP contribution in [0.5, 0.6) is 11.5 Å². The molecule has 21 heavy (non-hydrogen) atoms. The molecule has 0 amide bonds. The van der Waals surface area contributed by atoms with E-state index in [2.05, 4.69) is 30.4 Å². The molecule has 2 aromatic carbocycles. The van der Waals surface area contributed by atoms with E-state index in [-0.39, 0.29) is 5.75 Å². The zero-order valence-corrected chi connectivity index (χ0v) is 13.1. The summed E-state index contributed by atoms with van der Waals surface area (Å²) in [5, 5.41) is 14.0. The molecule has 4 heteroatoms. The number of aromatic hydroxyl groups is 1. The Hall–Kier alpha value is -1.71. The molecule has 0 saturated heterocycles. The minimum atomic E-state index is 0.137. The van der Waals surface area contributed by atoms with Crippen molar-refractivity contribution in [2.45, 2.75) is 26.4 Å². The number of hydrogen-bond donors (Lipinski definition) is 2. The van der Waals surface area contributed by atoms with Gasteiger partial charge in [0.1, 0.15) is 0 Å². The van der Waals surface area contributed by atoms with Crippen molar-refractivity contribution in [1.82, 2.24) is 5.32 Å². The van der Waals surface area contributed by atoms with Gasteiger partial charge in [0.15, 0.2) is 11.5 Å². The first-order valence-electron chi connectivity index (χ1n) is 6.98. The molecule has 0 aliphatic heterocycles. The molecule has 2 N–H and O–H groups in total. The lowest BCUT2D eigenvalue weighted by Crippen LogP contribution is -2.14. The second-order valence-corrected chi connectivity index (χ2v) is 5.28. The molecule has 0 unspecified atom stereocenters. The van der Waals surface area contributed by atoms with Gasteiger partial charge < -0.3 is 15.2 Å². The molecular formula is C17H20ClNO2. The Morgan fingerprint density at radius 1 is 1.10 bits per heavy atom. The molecule has 0 aliphatic carbocycles. The Morgan fingerprint density at radius 3 is 2.43 bits per heavy atom. The molecule has 0 heterocycles. The number of halogens is 1. The maximum absolute atomic E-state index is 10.1. The molecular weight excluding hydrogens is 286 g/mol. The molecule has 0 saturated carbocycles. The highest BCUT2D eigenvalue weighted by Gasteiger charge is 2.10. The number of hydrogen-bond acceptors (Lipinski definition) is 3. The molecule has 0 radical (unpaired) electrons. The highest BCUT2D eigenvalue weighted by Crippen LogP contribution is 2.33. The SMILES string of the molecule is CCc1ccccc1CNCc1cc(Cl)cc(OC)c1O. The van der Waals surface area contributed by atoms with E-state index in [1.165, 1.54) is 18.2 Å². The molecule has 0 aliphatic rings. The normalized spacial score (nSPS) is 10.6. The van der Waals surface area contributed by atoms with Crippen LogP contribution in [0.2, 0.25) is 5.02 Å². The monoisotopic (exact) mass is 305 g/mol. The molecule has 0 bridgehead atoms. The van der Waals surface area contributed by atoms with Gasteiger partial charge in [-0.2, -0.15) is 0 Å². The number of rotatable bonds is 6. The maximum atomic E-state index is 10.1. The van der Waals surface area contributed by atoms with Crippen molar-refractivity contribution in [2.75, 3.05) is 7.11 Å². The predicted octanol–water partition coefficient (Wildman–Crippen LogP) is 3.91. The molecule has 3 nitrogen and oxygen atoms in total. The van der Waals surface area contributed by atoms with Crippen molar-refractivity contribution in [3.8, 4) is 11.5 Å². The lowest BCUT2D eigenvalue weighted by molar-refractivity contribution is 0.369. The number of phenolic OH excluding ortho intramolecular Hbond substituents is 1. The van der Waals surface area contributed by atoms with E-state index in [1.54, 1.807) is 12.1 Å². The number of aryl methyl sites for hydroxylation is 1. The summed E-state index contributed by atoms with van der Waals surface area (Å²) in [6.45, 7) is 3.42. The van der Waals surface area contributed by atoms with Gasteiger partial charge >= 0.3 is 0 Å². The third kappa shape index (κ3) is 3.90. The Labute approximate surface area is 130 Å².